The van der Waals surface area contributed by atoms with Crippen LogP contribution in [0.3, 0.4) is 0 Å². The van der Waals surface area contributed by atoms with Crippen LogP contribution in [0.5, 0.6) is 0 Å². The molecular formula is C8H9ClOS. The first-order valence-electron chi connectivity index (χ1n) is 3.44. The molecule has 0 aromatic carbocycles. The molecule has 0 bridgehead atoms. The van der Waals surface area contributed by atoms with Gasteiger partial charge in [-0.3, -0.25) is 4.79 Å². The summed E-state index contributed by atoms with van der Waals surface area (Å²) in [6, 6.07) is 1.87. The summed E-state index contributed by atoms with van der Waals surface area (Å²) in [5, 5.41) is -0.349. The van der Waals surface area contributed by atoms with Crippen LogP contribution in [0.2, 0.25) is 0 Å². The summed E-state index contributed by atoms with van der Waals surface area (Å²) in [4.78, 5) is 13.0. The van der Waals surface area contributed by atoms with Crippen LogP contribution in [0.25, 0.3) is 0 Å². The Labute approximate surface area is 75.0 Å². The maximum Gasteiger partial charge on any atom is 0.253 e. The number of thiophene rings is 1. The lowest BCUT2D eigenvalue weighted by atomic mass is 10.2. The quantitative estimate of drug-likeness (QED) is 0.653. The Kier molecular flexibility index (Phi) is 2.68. The highest BCUT2D eigenvalue weighted by Gasteiger charge is 2.09. The average molecular weight is 189 g/mol. The minimum atomic E-state index is -0.349. The van der Waals surface area contributed by atoms with E-state index < -0.39 is 0 Å². The third kappa shape index (κ3) is 1.82. The summed E-state index contributed by atoms with van der Waals surface area (Å²) in [6.45, 7) is 3.98. The zero-order valence-electron chi connectivity index (χ0n) is 6.48. The Morgan fingerprint density at radius 3 is 2.64 bits per heavy atom. The number of carbonyl (C=O) groups excluding carboxylic acids is 1. The van der Waals surface area contributed by atoms with Crippen LogP contribution in [-0.2, 0) is 6.42 Å². The third-order valence-electron chi connectivity index (χ3n) is 1.53. The lowest BCUT2D eigenvalue weighted by molar-refractivity contribution is 0.108. The predicted octanol–water partition coefficient (Wildman–Crippen LogP) is 3.00. The van der Waals surface area contributed by atoms with Crippen LogP contribution in [0, 0.1) is 6.92 Å². The highest BCUT2D eigenvalue weighted by Crippen LogP contribution is 2.23. The van der Waals surface area contributed by atoms with Gasteiger partial charge in [-0.1, -0.05) is 6.92 Å². The van der Waals surface area contributed by atoms with Crippen LogP contribution in [-0.4, -0.2) is 5.24 Å². The van der Waals surface area contributed by atoms with E-state index in [-0.39, 0.29) is 5.24 Å². The first kappa shape index (κ1) is 8.75. The number of hydrogen-bond donors (Lipinski definition) is 0. The van der Waals surface area contributed by atoms with Crippen molar-refractivity contribution < 1.29 is 4.79 Å². The molecule has 0 amide bonds. The first-order valence-corrected chi connectivity index (χ1v) is 4.63. The minimum Gasteiger partial charge on any atom is -0.276 e. The van der Waals surface area contributed by atoms with Crippen molar-refractivity contribution >= 4 is 28.2 Å². The molecule has 0 atom stereocenters. The van der Waals surface area contributed by atoms with Gasteiger partial charge in [0.2, 0.25) is 0 Å². The van der Waals surface area contributed by atoms with Gasteiger partial charge in [-0.05, 0) is 31.0 Å². The van der Waals surface area contributed by atoms with Crippen LogP contribution < -0.4 is 0 Å². The molecule has 3 heteroatoms. The summed E-state index contributed by atoms with van der Waals surface area (Å²) in [7, 11) is 0. The second kappa shape index (κ2) is 3.37. The van der Waals surface area contributed by atoms with E-state index in [1.165, 1.54) is 4.88 Å². The number of rotatable bonds is 2. The molecule has 1 aromatic heterocycles. The van der Waals surface area contributed by atoms with E-state index >= 15 is 0 Å². The Morgan fingerprint density at radius 1 is 1.73 bits per heavy atom. The fraction of sp³-hybridized carbons (Fsp3) is 0.375. The van der Waals surface area contributed by atoms with Crippen molar-refractivity contribution in [2.24, 2.45) is 0 Å². The Balaban J connectivity index is 3.07. The van der Waals surface area contributed by atoms with Crippen molar-refractivity contribution in [3.8, 4) is 0 Å². The van der Waals surface area contributed by atoms with Gasteiger partial charge in [-0.2, -0.15) is 0 Å². The van der Waals surface area contributed by atoms with Crippen molar-refractivity contribution in [2.45, 2.75) is 20.3 Å². The zero-order chi connectivity index (χ0) is 8.43. The smallest absolute Gasteiger partial charge is 0.253 e. The molecule has 0 unspecified atom stereocenters. The van der Waals surface area contributed by atoms with Gasteiger partial charge >= 0.3 is 0 Å². The fourth-order valence-corrected chi connectivity index (χ4v) is 2.14. The number of halogens is 1. The summed E-state index contributed by atoms with van der Waals surface area (Å²) in [6.07, 6.45) is 0.968. The van der Waals surface area contributed by atoms with Crippen molar-refractivity contribution in [1.82, 2.24) is 0 Å². The summed E-state index contributed by atoms with van der Waals surface area (Å²) < 4.78 is 0. The van der Waals surface area contributed by atoms with Crippen LogP contribution in [0.1, 0.15) is 27.0 Å². The van der Waals surface area contributed by atoms with Gasteiger partial charge in [0.15, 0.2) is 0 Å². The summed E-state index contributed by atoms with van der Waals surface area (Å²) in [5.74, 6) is 0. The summed E-state index contributed by atoms with van der Waals surface area (Å²) >= 11 is 6.98. The second-order valence-corrected chi connectivity index (χ2v) is 3.99. The molecule has 0 radical (unpaired) electrons. The lowest BCUT2D eigenvalue weighted by Crippen LogP contribution is -1.86. The maximum absolute atomic E-state index is 10.8. The van der Waals surface area contributed by atoms with Gasteiger partial charge in [0, 0.05) is 15.3 Å². The van der Waals surface area contributed by atoms with E-state index in [9.17, 15) is 4.79 Å². The van der Waals surface area contributed by atoms with Gasteiger partial charge in [0.25, 0.3) is 5.24 Å². The number of carbonyl (C=O) groups is 1. The Hall–Kier alpha value is -0.340. The van der Waals surface area contributed by atoms with Gasteiger partial charge in [-0.25, -0.2) is 0 Å². The number of aryl methyl sites for hydroxylation is 2. The average Bonchev–Trinajstić information content (AvgIpc) is 2.30. The van der Waals surface area contributed by atoms with Crippen molar-refractivity contribution in [3.63, 3.8) is 0 Å². The molecule has 0 aliphatic heterocycles. The van der Waals surface area contributed by atoms with Gasteiger partial charge in [-0.15, -0.1) is 11.3 Å². The molecule has 0 N–H and O–H groups in total. The van der Waals surface area contributed by atoms with Gasteiger partial charge in [0.1, 0.15) is 0 Å². The minimum absolute atomic E-state index is 0.349. The van der Waals surface area contributed by atoms with E-state index in [0.717, 1.165) is 11.3 Å². The molecule has 1 rings (SSSR count). The molecule has 0 aliphatic carbocycles. The van der Waals surface area contributed by atoms with E-state index in [1.807, 2.05) is 13.0 Å². The first-order chi connectivity index (χ1) is 5.15. The van der Waals surface area contributed by atoms with Crippen LogP contribution in [0.4, 0.5) is 0 Å². The molecule has 1 nitrogen and oxygen atoms in total. The largest absolute Gasteiger partial charge is 0.276 e. The molecule has 1 aromatic rings. The van der Waals surface area contributed by atoms with E-state index in [0.29, 0.717) is 5.56 Å². The molecule has 1 heterocycles. The van der Waals surface area contributed by atoms with Gasteiger partial charge < -0.3 is 0 Å². The fourth-order valence-electron chi connectivity index (χ4n) is 0.913. The third-order valence-corrected chi connectivity index (χ3v) is 2.93. The zero-order valence-corrected chi connectivity index (χ0v) is 8.05. The van der Waals surface area contributed by atoms with Crippen molar-refractivity contribution in [2.75, 3.05) is 0 Å². The highest BCUT2D eigenvalue weighted by molar-refractivity contribution is 7.12. The van der Waals surface area contributed by atoms with Crippen molar-refractivity contribution in [1.29, 1.82) is 0 Å². The second-order valence-electron chi connectivity index (χ2n) is 2.31. The lowest BCUT2D eigenvalue weighted by Gasteiger charge is -1.85. The van der Waals surface area contributed by atoms with Crippen LogP contribution in [0.15, 0.2) is 6.07 Å². The van der Waals surface area contributed by atoms with Crippen LogP contribution >= 0.6 is 22.9 Å². The standard InChI is InChI=1S/C8H9ClOS/c1-3-6-4-7(8(9)10)5(2)11-6/h4H,3H2,1-2H3. The summed E-state index contributed by atoms with van der Waals surface area (Å²) in [5.41, 5.74) is 0.661. The Bertz CT molecular complexity index is 278. The molecule has 0 saturated heterocycles. The Morgan fingerprint density at radius 2 is 2.36 bits per heavy atom. The van der Waals surface area contributed by atoms with Gasteiger partial charge in [0.05, 0.1) is 0 Å². The predicted molar refractivity (Wildman–Crippen MR) is 48.6 cm³/mol. The molecule has 0 saturated carbocycles. The molecule has 60 valence electrons. The normalized spacial score (nSPS) is 10.1. The molecule has 0 aliphatic rings. The van der Waals surface area contributed by atoms with Crippen molar-refractivity contribution in [3.05, 3.63) is 21.4 Å². The monoisotopic (exact) mass is 188 g/mol. The highest BCUT2D eigenvalue weighted by atomic mass is 35.5. The molecular weight excluding hydrogens is 180 g/mol. The number of hydrogen-bond acceptors (Lipinski definition) is 2. The SMILES string of the molecule is CCc1cc(C(=O)Cl)c(C)s1. The maximum atomic E-state index is 10.8. The van der Waals surface area contributed by atoms with E-state index in [2.05, 4.69) is 6.92 Å². The molecule has 0 spiro atoms. The molecule has 0 fully saturated rings. The van der Waals surface area contributed by atoms with E-state index in [4.69, 9.17) is 11.6 Å². The topological polar surface area (TPSA) is 17.1 Å². The van der Waals surface area contributed by atoms with E-state index in [1.54, 1.807) is 11.3 Å². The molecule has 11 heavy (non-hydrogen) atoms.